The predicted molar refractivity (Wildman–Crippen MR) is 109 cm³/mol. The summed E-state index contributed by atoms with van der Waals surface area (Å²) in [5, 5.41) is 1.06. The number of hydrogen-bond donors (Lipinski definition) is 0. The number of halogens is 2. The predicted octanol–water partition coefficient (Wildman–Crippen LogP) is 4.32. The largest absolute Gasteiger partial charge is 0.317 e. The lowest BCUT2D eigenvalue weighted by atomic mass is 10.3. The van der Waals surface area contributed by atoms with Crippen LogP contribution in [-0.4, -0.2) is 24.6 Å². The number of fused-ring (bicyclic) bond motifs is 1. The minimum absolute atomic E-state index is 0.139. The van der Waals surface area contributed by atoms with Gasteiger partial charge in [0.1, 0.15) is 0 Å². The van der Waals surface area contributed by atoms with E-state index in [1.165, 1.54) is 35.6 Å². The molecule has 2 aromatic carbocycles. The topological polar surface area (TPSA) is 68.5 Å². The van der Waals surface area contributed by atoms with E-state index in [2.05, 4.69) is 4.99 Å². The number of benzene rings is 2. The van der Waals surface area contributed by atoms with Gasteiger partial charge in [-0.15, -0.1) is 0 Å². The summed E-state index contributed by atoms with van der Waals surface area (Å²) in [6, 6.07) is 11.4. The highest BCUT2D eigenvalue weighted by atomic mass is 35.5. The Morgan fingerprint density at radius 1 is 1.11 bits per heavy atom. The number of aryl methyl sites for hydroxylation is 1. The lowest BCUT2D eigenvalue weighted by Crippen LogP contribution is -2.17. The SMILES string of the molecule is CCn1c(=NC(=O)CCS(=O)(=O)c2ccc(Cl)cc2)sc2cc(Cl)ccc21. The van der Waals surface area contributed by atoms with E-state index in [9.17, 15) is 13.2 Å². The van der Waals surface area contributed by atoms with Crippen molar-refractivity contribution in [2.75, 3.05) is 5.75 Å². The van der Waals surface area contributed by atoms with E-state index in [0.29, 0.717) is 21.4 Å². The molecule has 27 heavy (non-hydrogen) atoms. The molecule has 9 heteroatoms. The van der Waals surface area contributed by atoms with Crippen LogP contribution in [0, 0.1) is 0 Å². The van der Waals surface area contributed by atoms with Crippen LogP contribution >= 0.6 is 34.5 Å². The molecule has 1 amide bonds. The van der Waals surface area contributed by atoms with Crippen molar-refractivity contribution in [3.63, 3.8) is 0 Å². The van der Waals surface area contributed by atoms with Gasteiger partial charge in [-0.1, -0.05) is 34.5 Å². The molecule has 0 radical (unpaired) electrons. The van der Waals surface area contributed by atoms with Crippen LogP contribution < -0.4 is 4.80 Å². The number of carbonyl (C=O) groups is 1. The van der Waals surface area contributed by atoms with Crippen molar-refractivity contribution in [3.8, 4) is 0 Å². The smallest absolute Gasteiger partial charge is 0.249 e. The summed E-state index contributed by atoms with van der Waals surface area (Å²) < 4.78 is 27.5. The van der Waals surface area contributed by atoms with Crippen LogP contribution in [0.3, 0.4) is 0 Å². The third-order valence-corrected chi connectivity index (χ3v) is 7.20. The Morgan fingerprint density at radius 2 is 1.78 bits per heavy atom. The van der Waals surface area contributed by atoms with Gasteiger partial charge in [0.05, 0.1) is 20.9 Å². The zero-order valence-corrected chi connectivity index (χ0v) is 17.5. The number of thiazole rings is 1. The average Bonchev–Trinajstić information content (AvgIpc) is 2.96. The van der Waals surface area contributed by atoms with E-state index in [1.807, 2.05) is 23.6 Å². The normalized spacial score (nSPS) is 12.6. The van der Waals surface area contributed by atoms with E-state index in [1.54, 1.807) is 6.07 Å². The van der Waals surface area contributed by atoms with Crippen molar-refractivity contribution in [2.45, 2.75) is 24.8 Å². The molecule has 0 fully saturated rings. The Balaban J connectivity index is 1.83. The van der Waals surface area contributed by atoms with Crippen LogP contribution in [0.15, 0.2) is 52.4 Å². The number of sulfone groups is 1. The average molecular weight is 443 g/mol. The molecule has 5 nitrogen and oxygen atoms in total. The molecule has 0 atom stereocenters. The first kappa shape index (κ1) is 20.1. The van der Waals surface area contributed by atoms with Gasteiger partial charge in [0.2, 0.25) is 5.91 Å². The van der Waals surface area contributed by atoms with Crippen LogP contribution in [0.1, 0.15) is 13.3 Å². The lowest BCUT2D eigenvalue weighted by Gasteiger charge is -2.03. The number of carbonyl (C=O) groups excluding carboxylic acids is 1. The summed E-state index contributed by atoms with van der Waals surface area (Å²) in [5.74, 6) is -0.785. The Morgan fingerprint density at radius 3 is 2.44 bits per heavy atom. The van der Waals surface area contributed by atoms with Crippen molar-refractivity contribution in [1.82, 2.24) is 4.57 Å². The molecule has 0 bridgehead atoms. The molecule has 0 saturated heterocycles. The zero-order valence-electron chi connectivity index (χ0n) is 14.4. The van der Waals surface area contributed by atoms with E-state index >= 15 is 0 Å². The molecule has 0 spiro atoms. The van der Waals surface area contributed by atoms with Crippen LogP contribution in [-0.2, 0) is 21.2 Å². The molecular weight excluding hydrogens is 427 g/mol. The number of hydrogen-bond acceptors (Lipinski definition) is 4. The second-order valence-corrected chi connectivity index (χ2v) is 9.76. The molecule has 3 rings (SSSR count). The molecule has 1 heterocycles. The fourth-order valence-corrected chi connectivity index (χ4v) is 5.33. The minimum Gasteiger partial charge on any atom is -0.317 e. The first-order valence-corrected chi connectivity index (χ1v) is 11.4. The molecule has 0 aliphatic rings. The van der Waals surface area contributed by atoms with Gasteiger partial charge < -0.3 is 4.57 Å². The first-order chi connectivity index (χ1) is 12.8. The molecule has 3 aromatic rings. The molecule has 0 aliphatic carbocycles. The third kappa shape index (κ3) is 4.60. The van der Waals surface area contributed by atoms with Gasteiger partial charge in [0.15, 0.2) is 14.6 Å². The van der Waals surface area contributed by atoms with Gasteiger partial charge in [0, 0.05) is 23.0 Å². The zero-order chi connectivity index (χ0) is 19.6. The van der Waals surface area contributed by atoms with Gasteiger partial charge in [-0.3, -0.25) is 4.79 Å². The first-order valence-electron chi connectivity index (χ1n) is 8.15. The quantitative estimate of drug-likeness (QED) is 0.590. The summed E-state index contributed by atoms with van der Waals surface area (Å²) >= 11 is 13.1. The van der Waals surface area contributed by atoms with Crippen molar-refractivity contribution >= 4 is 60.5 Å². The maximum atomic E-state index is 12.3. The van der Waals surface area contributed by atoms with Crippen molar-refractivity contribution in [1.29, 1.82) is 0 Å². The molecule has 0 saturated carbocycles. The number of aromatic nitrogens is 1. The van der Waals surface area contributed by atoms with Crippen LogP contribution in [0.5, 0.6) is 0 Å². The van der Waals surface area contributed by atoms with E-state index < -0.39 is 15.7 Å². The van der Waals surface area contributed by atoms with Gasteiger partial charge in [-0.25, -0.2) is 8.42 Å². The van der Waals surface area contributed by atoms with Crippen molar-refractivity contribution in [3.05, 3.63) is 57.3 Å². The van der Waals surface area contributed by atoms with Gasteiger partial charge in [-0.2, -0.15) is 4.99 Å². The summed E-state index contributed by atoms with van der Waals surface area (Å²) in [7, 11) is -3.57. The summed E-state index contributed by atoms with van der Waals surface area (Å²) in [4.78, 5) is 17.1. The lowest BCUT2D eigenvalue weighted by molar-refractivity contribution is -0.117. The molecule has 1 aromatic heterocycles. The van der Waals surface area contributed by atoms with Gasteiger partial charge >= 0.3 is 0 Å². The Labute approximate surface area is 170 Å². The van der Waals surface area contributed by atoms with E-state index in [-0.39, 0.29) is 17.1 Å². The van der Waals surface area contributed by atoms with Crippen LogP contribution in [0.2, 0.25) is 10.0 Å². The second kappa shape index (κ2) is 8.14. The van der Waals surface area contributed by atoms with Crippen molar-refractivity contribution in [2.24, 2.45) is 4.99 Å². The Bertz CT molecular complexity index is 1160. The van der Waals surface area contributed by atoms with E-state index in [4.69, 9.17) is 23.2 Å². The highest BCUT2D eigenvalue weighted by Gasteiger charge is 2.16. The maximum absolute atomic E-state index is 12.3. The minimum atomic E-state index is -3.57. The van der Waals surface area contributed by atoms with Crippen LogP contribution in [0.4, 0.5) is 0 Å². The monoisotopic (exact) mass is 442 g/mol. The van der Waals surface area contributed by atoms with Crippen molar-refractivity contribution < 1.29 is 13.2 Å². The van der Waals surface area contributed by atoms with Gasteiger partial charge in [-0.05, 0) is 49.4 Å². The van der Waals surface area contributed by atoms with E-state index in [0.717, 1.165) is 10.2 Å². The van der Waals surface area contributed by atoms with Gasteiger partial charge in [0.25, 0.3) is 0 Å². The molecule has 142 valence electrons. The molecule has 0 aliphatic heterocycles. The standard InChI is InChI=1S/C18H16Cl2N2O3S2/c1-2-22-15-8-5-13(20)11-16(15)26-18(22)21-17(23)9-10-27(24,25)14-6-3-12(19)4-7-14/h3-8,11H,2,9-10H2,1H3. The fraction of sp³-hybridized carbons (Fsp3) is 0.222. The maximum Gasteiger partial charge on any atom is 0.249 e. The Kier molecular flexibility index (Phi) is 6.05. The fourth-order valence-electron chi connectivity index (χ4n) is 2.58. The number of rotatable bonds is 5. The Hall–Kier alpha value is -1.67. The molecule has 0 unspecified atom stereocenters. The summed E-state index contributed by atoms with van der Waals surface area (Å²) in [6.45, 7) is 2.59. The van der Waals surface area contributed by atoms with Crippen LogP contribution in [0.25, 0.3) is 10.2 Å². The highest BCUT2D eigenvalue weighted by Crippen LogP contribution is 2.22. The molecule has 0 N–H and O–H groups in total. The highest BCUT2D eigenvalue weighted by molar-refractivity contribution is 7.91. The number of amides is 1. The molecular formula is C18H16Cl2N2O3S2. The summed E-state index contributed by atoms with van der Waals surface area (Å²) in [6.07, 6.45) is -0.191. The summed E-state index contributed by atoms with van der Waals surface area (Å²) in [5.41, 5.74) is 0.937. The number of nitrogens with zero attached hydrogens (tertiary/aromatic N) is 2. The third-order valence-electron chi connectivity index (χ3n) is 3.94. The second-order valence-electron chi connectivity index (χ2n) is 5.77.